The summed E-state index contributed by atoms with van der Waals surface area (Å²) in [5.41, 5.74) is 2.12. The zero-order chi connectivity index (χ0) is 25.3. The molecule has 1 saturated heterocycles. The summed E-state index contributed by atoms with van der Waals surface area (Å²) >= 11 is 0. The molecule has 0 unspecified atom stereocenters. The van der Waals surface area contributed by atoms with Gasteiger partial charge in [0.2, 0.25) is 0 Å². The number of nitrogens with zero attached hydrogens (tertiary/aromatic N) is 4. The minimum Gasteiger partial charge on any atom is -0.339 e. The van der Waals surface area contributed by atoms with Gasteiger partial charge < -0.3 is 4.90 Å². The van der Waals surface area contributed by atoms with Gasteiger partial charge in [0.25, 0.3) is 5.91 Å². The molecular formula is C27H29FN4O3S. The van der Waals surface area contributed by atoms with Crippen LogP contribution in [0.4, 0.5) is 4.39 Å². The van der Waals surface area contributed by atoms with Gasteiger partial charge >= 0.3 is 0 Å². The van der Waals surface area contributed by atoms with Crippen LogP contribution in [0.2, 0.25) is 0 Å². The number of aromatic nitrogens is 2. The molecule has 2 heterocycles. The minimum atomic E-state index is -3.48. The molecule has 1 aromatic heterocycles. The van der Waals surface area contributed by atoms with Crippen LogP contribution in [0.3, 0.4) is 0 Å². The third kappa shape index (κ3) is 5.47. The Labute approximate surface area is 210 Å². The molecule has 1 aliphatic carbocycles. The van der Waals surface area contributed by atoms with E-state index in [-0.39, 0.29) is 16.4 Å². The number of hydrogen-bond acceptors (Lipinski definition) is 6. The minimum absolute atomic E-state index is 0.0649. The molecule has 36 heavy (non-hydrogen) atoms. The number of benzene rings is 2. The van der Waals surface area contributed by atoms with Crippen molar-refractivity contribution in [3.8, 4) is 11.3 Å². The highest BCUT2D eigenvalue weighted by Crippen LogP contribution is 2.33. The summed E-state index contributed by atoms with van der Waals surface area (Å²) < 4.78 is 37.9. The molecule has 9 heteroatoms. The lowest BCUT2D eigenvalue weighted by Crippen LogP contribution is -2.47. The SMILES string of the molecule is CS(=O)(=O)c1ccc(-c2cnc(CN(C3CC3)C3CCN(C(=O)c4ccccc4)CC3)cn2)c(F)c1. The van der Waals surface area contributed by atoms with Crippen molar-refractivity contribution in [3.05, 3.63) is 78.0 Å². The van der Waals surface area contributed by atoms with E-state index >= 15 is 0 Å². The van der Waals surface area contributed by atoms with Crippen LogP contribution in [0, 0.1) is 5.82 Å². The van der Waals surface area contributed by atoms with E-state index < -0.39 is 15.7 Å². The standard InChI is InChI=1S/C27H29FN4O3S/c1-36(34,35)23-9-10-24(25(28)15-23)26-17-29-20(16-30-26)18-32(21-7-8-21)22-11-13-31(14-12-22)27(33)19-5-3-2-4-6-19/h2-6,9-10,15-17,21-22H,7-8,11-14,18H2,1H3. The first-order chi connectivity index (χ1) is 17.3. The number of carbonyl (C=O) groups is 1. The van der Waals surface area contributed by atoms with Gasteiger partial charge in [-0.1, -0.05) is 18.2 Å². The Morgan fingerprint density at radius 3 is 2.28 bits per heavy atom. The number of amides is 1. The third-order valence-electron chi connectivity index (χ3n) is 6.95. The van der Waals surface area contributed by atoms with Crippen LogP contribution >= 0.6 is 0 Å². The highest BCUT2D eigenvalue weighted by molar-refractivity contribution is 7.90. The van der Waals surface area contributed by atoms with E-state index in [0.717, 1.165) is 62.4 Å². The fourth-order valence-corrected chi connectivity index (χ4v) is 5.46. The van der Waals surface area contributed by atoms with Crippen LogP contribution in [-0.4, -0.2) is 65.5 Å². The highest BCUT2D eigenvalue weighted by atomic mass is 32.2. The molecule has 0 atom stereocenters. The van der Waals surface area contributed by atoms with Crippen LogP contribution < -0.4 is 0 Å². The molecule has 5 rings (SSSR count). The van der Waals surface area contributed by atoms with E-state index in [4.69, 9.17) is 0 Å². The van der Waals surface area contributed by atoms with Crippen molar-refractivity contribution in [1.29, 1.82) is 0 Å². The van der Waals surface area contributed by atoms with Gasteiger partial charge in [-0.15, -0.1) is 0 Å². The molecule has 0 bridgehead atoms. The maximum Gasteiger partial charge on any atom is 0.253 e. The quantitative estimate of drug-likeness (QED) is 0.481. The summed E-state index contributed by atoms with van der Waals surface area (Å²) in [6.07, 6.45) is 8.41. The van der Waals surface area contributed by atoms with Crippen molar-refractivity contribution in [3.63, 3.8) is 0 Å². The van der Waals surface area contributed by atoms with Crippen molar-refractivity contribution < 1.29 is 17.6 Å². The second-order valence-corrected chi connectivity index (χ2v) is 11.6. The number of likely N-dealkylation sites (tertiary alicyclic amines) is 1. The first-order valence-electron chi connectivity index (χ1n) is 12.2. The van der Waals surface area contributed by atoms with Gasteiger partial charge in [-0.3, -0.25) is 19.7 Å². The van der Waals surface area contributed by atoms with E-state index in [2.05, 4.69) is 14.9 Å². The predicted molar refractivity (Wildman–Crippen MR) is 134 cm³/mol. The lowest BCUT2D eigenvalue weighted by Gasteiger charge is -2.38. The molecule has 1 amide bonds. The van der Waals surface area contributed by atoms with E-state index in [9.17, 15) is 17.6 Å². The number of hydrogen-bond donors (Lipinski definition) is 0. The molecule has 1 aliphatic heterocycles. The zero-order valence-electron chi connectivity index (χ0n) is 20.2. The Hall–Kier alpha value is -3.17. The maximum absolute atomic E-state index is 14.6. The molecule has 2 fully saturated rings. The van der Waals surface area contributed by atoms with Gasteiger partial charge in [0.15, 0.2) is 9.84 Å². The van der Waals surface area contributed by atoms with Crippen LogP contribution in [-0.2, 0) is 16.4 Å². The van der Waals surface area contributed by atoms with Crippen LogP contribution in [0.1, 0.15) is 41.7 Å². The Balaban J connectivity index is 1.24. The van der Waals surface area contributed by atoms with Crippen LogP contribution in [0.5, 0.6) is 0 Å². The smallest absolute Gasteiger partial charge is 0.253 e. The fraction of sp³-hybridized carbons (Fsp3) is 0.370. The average molecular weight is 509 g/mol. The Kier molecular flexibility index (Phi) is 6.85. The van der Waals surface area contributed by atoms with Crippen molar-refractivity contribution >= 4 is 15.7 Å². The Morgan fingerprint density at radius 1 is 1.00 bits per heavy atom. The summed E-state index contributed by atoms with van der Waals surface area (Å²) in [5, 5.41) is 0. The molecule has 7 nitrogen and oxygen atoms in total. The van der Waals surface area contributed by atoms with E-state index in [1.54, 1.807) is 12.4 Å². The van der Waals surface area contributed by atoms with E-state index in [0.29, 0.717) is 24.3 Å². The summed E-state index contributed by atoms with van der Waals surface area (Å²) in [4.78, 5) is 26.1. The average Bonchev–Trinajstić information content (AvgIpc) is 3.73. The fourth-order valence-electron chi connectivity index (χ4n) is 4.82. The molecule has 0 spiro atoms. The maximum atomic E-state index is 14.6. The van der Waals surface area contributed by atoms with Crippen molar-refractivity contribution in [1.82, 2.24) is 19.8 Å². The monoisotopic (exact) mass is 508 g/mol. The van der Waals surface area contributed by atoms with Gasteiger partial charge in [-0.25, -0.2) is 12.8 Å². The largest absolute Gasteiger partial charge is 0.339 e. The molecule has 0 radical (unpaired) electrons. The topological polar surface area (TPSA) is 83.5 Å². The normalized spacial score (nSPS) is 16.9. The number of halogens is 1. The third-order valence-corrected chi connectivity index (χ3v) is 8.06. The molecule has 2 aromatic carbocycles. The summed E-state index contributed by atoms with van der Waals surface area (Å²) in [6.45, 7) is 2.12. The molecule has 3 aromatic rings. The number of carbonyl (C=O) groups excluding carboxylic acids is 1. The van der Waals surface area contributed by atoms with Crippen molar-refractivity contribution in [2.75, 3.05) is 19.3 Å². The number of sulfone groups is 1. The van der Waals surface area contributed by atoms with Crippen molar-refractivity contribution in [2.45, 2.75) is 49.2 Å². The van der Waals surface area contributed by atoms with Gasteiger partial charge in [-0.2, -0.15) is 0 Å². The lowest BCUT2D eigenvalue weighted by atomic mass is 10.0. The van der Waals surface area contributed by atoms with Crippen LogP contribution in [0.15, 0.2) is 65.8 Å². The first kappa shape index (κ1) is 24.5. The summed E-state index contributed by atoms with van der Waals surface area (Å²) in [7, 11) is -3.48. The molecule has 188 valence electrons. The van der Waals surface area contributed by atoms with Crippen molar-refractivity contribution in [2.24, 2.45) is 0 Å². The Morgan fingerprint density at radius 2 is 1.69 bits per heavy atom. The molecule has 0 N–H and O–H groups in total. The number of piperidine rings is 1. The van der Waals surface area contributed by atoms with Gasteiger partial charge in [-0.05, 0) is 56.0 Å². The highest BCUT2D eigenvalue weighted by Gasteiger charge is 2.36. The molecule has 2 aliphatic rings. The van der Waals surface area contributed by atoms with Gasteiger partial charge in [0.1, 0.15) is 5.82 Å². The molecule has 1 saturated carbocycles. The first-order valence-corrected chi connectivity index (χ1v) is 14.1. The second-order valence-electron chi connectivity index (χ2n) is 9.60. The van der Waals surface area contributed by atoms with E-state index in [1.165, 1.54) is 12.1 Å². The number of rotatable bonds is 7. The predicted octanol–water partition coefficient (Wildman–Crippen LogP) is 3.96. The molecular weight excluding hydrogens is 479 g/mol. The zero-order valence-corrected chi connectivity index (χ0v) is 21.0. The summed E-state index contributed by atoms with van der Waals surface area (Å²) in [5.74, 6) is -0.554. The summed E-state index contributed by atoms with van der Waals surface area (Å²) in [6, 6.07) is 14.1. The van der Waals surface area contributed by atoms with E-state index in [1.807, 2.05) is 35.2 Å². The van der Waals surface area contributed by atoms with Gasteiger partial charge in [0.05, 0.1) is 28.7 Å². The van der Waals surface area contributed by atoms with Gasteiger partial charge in [0, 0.05) is 49.1 Å². The Bertz CT molecular complexity index is 1340. The second kappa shape index (κ2) is 10.1. The lowest BCUT2D eigenvalue weighted by molar-refractivity contribution is 0.0592. The van der Waals surface area contributed by atoms with Crippen LogP contribution in [0.25, 0.3) is 11.3 Å².